The Morgan fingerprint density at radius 1 is 1.19 bits per heavy atom. The largest absolute Gasteiger partial charge is 0.330 e. The molecule has 1 fully saturated rings. The number of rotatable bonds is 6. The highest BCUT2D eigenvalue weighted by Gasteiger charge is 2.33. The van der Waals surface area contributed by atoms with Crippen molar-refractivity contribution in [1.82, 2.24) is 0 Å². The van der Waals surface area contributed by atoms with Gasteiger partial charge in [-0.05, 0) is 63.3 Å². The zero-order chi connectivity index (χ0) is 19.4. The van der Waals surface area contributed by atoms with Gasteiger partial charge in [-0.15, -0.1) is 12.4 Å². The van der Waals surface area contributed by atoms with Gasteiger partial charge in [0.25, 0.3) is 0 Å². The van der Waals surface area contributed by atoms with E-state index >= 15 is 0 Å². The number of amides is 1. The maximum atomic E-state index is 12.5. The summed E-state index contributed by atoms with van der Waals surface area (Å²) < 4.78 is 24.0. The molecular weight excluding hydrogens is 384 g/mol. The number of nitrogens with one attached hydrogen (secondary N) is 1. The molecule has 154 valence electrons. The van der Waals surface area contributed by atoms with Gasteiger partial charge in [-0.25, -0.2) is 8.42 Å². The molecule has 0 bridgehead atoms. The van der Waals surface area contributed by atoms with Crippen molar-refractivity contribution in [3.8, 4) is 0 Å². The van der Waals surface area contributed by atoms with Gasteiger partial charge in [0.05, 0.1) is 10.5 Å². The third kappa shape index (κ3) is 6.47. The van der Waals surface area contributed by atoms with Crippen molar-refractivity contribution in [1.29, 1.82) is 0 Å². The van der Waals surface area contributed by atoms with Crippen LogP contribution in [0.1, 0.15) is 64.9 Å². The van der Waals surface area contributed by atoms with E-state index in [2.05, 4.69) is 5.32 Å². The van der Waals surface area contributed by atoms with E-state index in [1.54, 1.807) is 45.0 Å². The third-order valence-electron chi connectivity index (χ3n) is 5.38. The van der Waals surface area contributed by atoms with Crippen LogP contribution in [0.3, 0.4) is 0 Å². The molecule has 0 radical (unpaired) electrons. The number of benzene rings is 1. The van der Waals surface area contributed by atoms with Crippen LogP contribution < -0.4 is 11.1 Å². The molecule has 0 heterocycles. The van der Waals surface area contributed by atoms with Gasteiger partial charge in [-0.1, -0.05) is 31.4 Å². The lowest BCUT2D eigenvalue weighted by atomic mass is 9.71. The first-order chi connectivity index (χ1) is 12.1. The number of hydrogen-bond donors (Lipinski definition) is 2. The zero-order valence-electron chi connectivity index (χ0n) is 16.6. The first-order valence-electron chi connectivity index (χ1n) is 9.38. The van der Waals surface area contributed by atoms with E-state index in [1.165, 1.54) is 6.42 Å². The number of hydrogen-bond acceptors (Lipinski definition) is 4. The Morgan fingerprint density at radius 2 is 1.81 bits per heavy atom. The van der Waals surface area contributed by atoms with E-state index in [0.29, 0.717) is 24.2 Å². The minimum absolute atomic E-state index is 0. The van der Waals surface area contributed by atoms with Crippen LogP contribution in [0.15, 0.2) is 24.3 Å². The molecular formula is C20H33ClN2O3S. The van der Waals surface area contributed by atoms with Crippen LogP contribution in [0.5, 0.6) is 0 Å². The third-order valence-corrected chi connectivity index (χ3v) is 7.96. The first kappa shape index (κ1) is 23.9. The van der Waals surface area contributed by atoms with E-state index < -0.39 is 14.6 Å². The van der Waals surface area contributed by atoms with E-state index in [0.717, 1.165) is 25.7 Å². The topological polar surface area (TPSA) is 89.3 Å². The van der Waals surface area contributed by atoms with Crippen LogP contribution in [0.25, 0.3) is 0 Å². The van der Waals surface area contributed by atoms with Gasteiger partial charge in [0, 0.05) is 12.1 Å². The van der Waals surface area contributed by atoms with Crippen molar-refractivity contribution in [3.63, 3.8) is 0 Å². The Kier molecular flexibility index (Phi) is 8.32. The van der Waals surface area contributed by atoms with Gasteiger partial charge in [-0.2, -0.15) is 0 Å². The van der Waals surface area contributed by atoms with Gasteiger partial charge in [0.1, 0.15) is 0 Å². The monoisotopic (exact) mass is 416 g/mol. The smallest absolute Gasteiger partial charge is 0.224 e. The van der Waals surface area contributed by atoms with Crippen molar-refractivity contribution < 1.29 is 13.2 Å². The van der Waals surface area contributed by atoms with Gasteiger partial charge in [-0.3, -0.25) is 4.79 Å². The predicted molar refractivity (Wildman–Crippen MR) is 114 cm³/mol. The van der Waals surface area contributed by atoms with Crippen LogP contribution in [0.4, 0.5) is 5.69 Å². The van der Waals surface area contributed by atoms with Crippen LogP contribution in [0.2, 0.25) is 0 Å². The average molecular weight is 417 g/mol. The van der Waals surface area contributed by atoms with Crippen LogP contribution in [0, 0.1) is 5.41 Å². The minimum atomic E-state index is -3.26. The molecule has 0 aliphatic heterocycles. The summed E-state index contributed by atoms with van der Waals surface area (Å²) in [6.45, 7) is 5.63. The molecule has 27 heavy (non-hydrogen) atoms. The molecule has 1 amide bonds. The van der Waals surface area contributed by atoms with Gasteiger partial charge >= 0.3 is 0 Å². The lowest BCUT2D eigenvalue weighted by Gasteiger charge is -2.35. The van der Waals surface area contributed by atoms with E-state index in [9.17, 15) is 13.2 Å². The molecule has 1 aliphatic carbocycles. The highest BCUT2D eigenvalue weighted by atomic mass is 35.5. The standard InChI is InChI=1S/C20H32N2O3S.ClH/c1-19(2,3)26(24,25)14-16-8-7-9-17(12-16)22-18(23)13-20(15-21)10-5-4-6-11-20;/h7-9,12H,4-6,10-11,13-15,21H2,1-3H3,(H,22,23);1H. The summed E-state index contributed by atoms with van der Waals surface area (Å²) in [5.74, 6) is -0.0828. The maximum absolute atomic E-state index is 12.5. The molecule has 2 rings (SSSR count). The predicted octanol–water partition coefficient (Wildman–Crippen LogP) is 4.06. The lowest BCUT2D eigenvalue weighted by molar-refractivity contribution is -0.118. The molecule has 1 saturated carbocycles. The molecule has 3 N–H and O–H groups in total. The van der Waals surface area contributed by atoms with Gasteiger partial charge in [0.15, 0.2) is 9.84 Å². The first-order valence-corrected chi connectivity index (χ1v) is 11.0. The molecule has 0 spiro atoms. The second-order valence-corrected chi connectivity index (χ2v) is 11.3. The number of carbonyl (C=O) groups is 1. The van der Waals surface area contributed by atoms with Crippen molar-refractivity contribution in [2.45, 2.75) is 69.8 Å². The number of carbonyl (C=O) groups excluding carboxylic acids is 1. The summed E-state index contributed by atoms with van der Waals surface area (Å²) in [5, 5.41) is 2.92. The number of sulfone groups is 1. The molecule has 7 heteroatoms. The highest BCUT2D eigenvalue weighted by molar-refractivity contribution is 7.91. The van der Waals surface area contributed by atoms with E-state index in [1.807, 2.05) is 0 Å². The highest BCUT2D eigenvalue weighted by Crippen LogP contribution is 2.38. The lowest BCUT2D eigenvalue weighted by Crippen LogP contribution is -2.36. The SMILES string of the molecule is CC(C)(C)S(=O)(=O)Cc1cccc(NC(=O)CC2(CN)CCCCC2)c1.Cl. The Hall–Kier alpha value is -1.11. The number of anilines is 1. The second-order valence-electron chi connectivity index (χ2n) is 8.56. The molecule has 1 aromatic rings. The molecule has 0 unspecified atom stereocenters. The normalized spacial score (nSPS) is 17.0. The van der Waals surface area contributed by atoms with Crippen LogP contribution >= 0.6 is 12.4 Å². The maximum Gasteiger partial charge on any atom is 0.224 e. The summed E-state index contributed by atoms with van der Waals surface area (Å²) in [7, 11) is -3.26. The van der Waals surface area contributed by atoms with Gasteiger partial charge < -0.3 is 11.1 Å². The summed E-state index contributed by atoms with van der Waals surface area (Å²) in [6, 6.07) is 7.10. The quantitative estimate of drug-likeness (QED) is 0.731. The van der Waals surface area contributed by atoms with Crippen LogP contribution in [-0.4, -0.2) is 25.6 Å². The fourth-order valence-electron chi connectivity index (χ4n) is 3.48. The van der Waals surface area contributed by atoms with E-state index in [4.69, 9.17) is 5.73 Å². The summed E-state index contributed by atoms with van der Waals surface area (Å²) in [5.41, 5.74) is 7.20. The second kappa shape index (κ2) is 9.39. The molecule has 1 aromatic carbocycles. The van der Waals surface area contributed by atoms with Crippen molar-refractivity contribution in [2.24, 2.45) is 11.1 Å². The molecule has 5 nitrogen and oxygen atoms in total. The average Bonchev–Trinajstić information content (AvgIpc) is 2.54. The fraction of sp³-hybridized carbons (Fsp3) is 0.650. The van der Waals surface area contributed by atoms with Gasteiger partial charge in [0.2, 0.25) is 5.91 Å². The van der Waals surface area contributed by atoms with E-state index in [-0.39, 0.29) is 29.5 Å². The molecule has 0 atom stereocenters. The number of nitrogens with two attached hydrogens (primary N) is 1. The Labute approximate surface area is 169 Å². The molecule has 1 aliphatic rings. The Balaban J connectivity index is 0.00000364. The minimum Gasteiger partial charge on any atom is -0.330 e. The summed E-state index contributed by atoms with van der Waals surface area (Å²) in [4.78, 5) is 12.5. The fourth-order valence-corrected chi connectivity index (χ4v) is 4.53. The summed E-state index contributed by atoms with van der Waals surface area (Å²) in [6.07, 6.45) is 5.90. The Morgan fingerprint density at radius 3 is 2.37 bits per heavy atom. The Bertz CT molecular complexity index is 736. The molecule has 0 aromatic heterocycles. The number of halogens is 1. The molecule has 0 saturated heterocycles. The van der Waals surface area contributed by atoms with Crippen LogP contribution in [-0.2, 0) is 20.4 Å². The van der Waals surface area contributed by atoms with Crippen molar-refractivity contribution in [2.75, 3.05) is 11.9 Å². The van der Waals surface area contributed by atoms with Crippen molar-refractivity contribution >= 4 is 33.8 Å². The summed E-state index contributed by atoms with van der Waals surface area (Å²) >= 11 is 0. The van der Waals surface area contributed by atoms with Crippen molar-refractivity contribution in [3.05, 3.63) is 29.8 Å². The zero-order valence-corrected chi connectivity index (χ0v) is 18.2.